The lowest BCUT2D eigenvalue weighted by Gasteiger charge is -2.54. The van der Waals surface area contributed by atoms with Gasteiger partial charge in [-0.2, -0.15) is 0 Å². The minimum atomic E-state index is -0.386. The van der Waals surface area contributed by atoms with Crippen LogP contribution >= 0.6 is 0 Å². The molecule has 4 atom stereocenters. The number of hydrogen-bond acceptors (Lipinski definition) is 2. The van der Waals surface area contributed by atoms with Crippen molar-refractivity contribution in [2.45, 2.75) is 59.3 Å². The fourth-order valence-electron chi connectivity index (χ4n) is 5.99. The van der Waals surface area contributed by atoms with E-state index in [9.17, 15) is 9.59 Å². The van der Waals surface area contributed by atoms with Crippen LogP contribution in [0.15, 0.2) is 34.9 Å². The Morgan fingerprint density at radius 3 is 2.74 bits per heavy atom. The molecule has 0 radical (unpaired) electrons. The van der Waals surface area contributed by atoms with Gasteiger partial charge in [-0.3, -0.25) is 9.59 Å². The molecule has 0 aromatic heterocycles. The van der Waals surface area contributed by atoms with Gasteiger partial charge in [-0.05, 0) is 48.7 Å². The van der Waals surface area contributed by atoms with E-state index in [1.165, 1.54) is 36.8 Å². The summed E-state index contributed by atoms with van der Waals surface area (Å²) in [5.41, 5.74) is 3.05. The summed E-state index contributed by atoms with van der Waals surface area (Å²) in [6.45, 7) is 6.06. The van der Waals surface area contributed by atoms with Gasteiger partial charge in [-0.1, -0.05) is 44.9 Å². The van der Waals surface area contributed by atoms with Crippen LogP contribution in [0.25, 0.3) is 0 Å². The van der Waals surface area contributed by atoms with Gasteiger partial charge in [0, 0.05) is 23.3 Å². The molecule has 2 nitrogen and oxygen atoms in total. The van der Waals surface area contributed by atoms with E-state index < -0.39 is 0 Å². The summed E-state index contributed by atoms with van der Waals surface area (Å²) in [5, 5.41) is 0. The molecule has 0 aromatic rings. The maximum Gasteiger partial charge on any atom is 0.156 e. The lowest BCUT2D eigenvalue weighted by molar-refractivity contribution is -0.131. The van der Waals surface area contributed by atoms with Crippen molar-refractivity contribution < 1.29 is 9.59 Å². The predicted octanol–water partition coefficient (Wildman–Crippen LogP) is 4.56. The summed E-state index contributed by atoms with van der Waals surface area (Å²) < 4.78 is 0. The van der Waals surface area contributed by atoms with E-state index >= 15 is 0 Å². The number of carbonyl (C=O) groups excluding carboxylic acids is 2. The summed E-state index contributed by atoms with van der Waals surface area (Å²) in [4.78, 5) is 25.2. The van der Waals surface area contributed by atoms with E-state index in [2.05, 4.69) is 26.0 Å². The molecule has 4 rings (SSSR count). The second-order valence-electron chi connectivity index (χ2n) is 8.47. The first-order valence-corrected chi connectivity index (χ1v) is 9.05. The van der Waals surface area contributed by atoms with Gasteiger partial charge in [0.2, 0.25) is 0 Å². The highest BCUT2D eigenvalue weighted by Gasteiger charge is 2.56. The fraction of sp³-hybridized carbons (Fsp3) is 0.619. The van der Waals surface area contributed by atoms with E-state index in [0.29, 0.717) is 18.1 Å². The second kappa shape index (κ2) is 4.78. The van der Waals surface area contributed by atoms with Gasteiger partial charge in [0.1, 0.15) is 5.78 Å². The van der Waals surface area contributed by atoms with Crippen LogP contribution < -0.4 is 0 Å². The lowest BCUT2D eigenvalue weighted by Crippen LogP contribution is -2.50. The summed E-state index contributed by atoms with van der Waals surface area (Å²) in [6.07, 6.45) is 13.0. The molecule has 0 aromatic carbocycles. The maximum atomic E-state index is 13.2. The standard InChI is InChI=1S/C21H26O2/c1-13(22)16-9-10-17-15-8-7-14-6-4-5-11-20(14,2)19(15)18(23)12-21(16,17)3/h8-10,14,19H,4-7,11-12H2,1-3H3/t14?,19-,20+,21-/m1/s1. The topological polar surface area (TPSA) is 34.1 Å². The molecule has 2 heteroatoms. The van der Waals surface area contributed by atoms with Crippen molar-refractivity contribution >= 4 is 11.6 Å². The average Bonchev–Trinajstić information content (AvgIpc) is 2.82. The first kappa shape index (κ1) is 15.1. The Labute approximate surface area is 138 Å². The molecule has 0 saturated heterocycles. The van der Waals surface area contributed by atoms with E-state index in [1.54, 1.807) is 6.92 Å². The van der Waals surface area contributed by atoms with Crippen molar-refractivity contribution in [3.05, 3.63) is 34.9 Å². The minimum Gasteiger partial charge on any atom is -0.299 e. The van der Waals surface area contributed by atoms with Crippen LogP contribution in [0.4, 0.5) is 0 Å². The molecule has 0 heterocycles. The first-order chi connectivity index (χ1) is 10.9. The smallest absolute Gasteiger partial charge is 0.156 e. The highest BCUT2D eigenvalue weighted by atomic mass is 16.1. The number of carbonyl (C=O) groups is 2. The van der Waals surface area contributed by atoms with Crippen LogP contribution in [0, 0.1) is 22.7 Å². The number of rotatable bonds is 1. The molecule has 0 aliphatic heterocycles. The van der Waals surface area contributed by atoms with Crippen LogP contribution in [0.3, 0.4) is 0 Å². The lowest BCUT2D eigenvalue weighted by atomic mass is 9.49. The largest absolute Gasteiger partial charge is 0.299 e. The van der Waals surface area contributed by atoms with Crippen LogP contribution in [-0.2, 0) is 9.59 Å². The van der Waals surface area contributed by atoms with Gasteiger partial charge < -0.3 is 0 Å². The molecule has 4 aliphatic rings. The number of ketones is 2. The Morgan fingerprint density at radius 1 is 1.22 bits per heavy atom. The van der Waals surface area contributed by atoms with Crippen molar-refractivity contribution in [1.29, 1.82) is 0 Å². The molecular weight excluding hydrogens is 284 g/mol. The van der Waals surface area contributed by atoms with Crippen molar-refractivity contribution in [1.82, 2.24) is 0 Å². The zero-order valence-electron chi connectivity index (χ0n) is 14.4. The Kier molecular flexibility index (Phi) is 3.14. The molecular formula is C21H26O2. The Morgan fingerprint density at radius 2 is 2.00 bits per heavy atom. The minimum absolute atomic E-state index is 0.0561. The molecule has 0 N–H and O–H groups in total. The fourth-order valence-corrected chi connectivity index (χ4v) is 5.99. The van der Waals surface area contributed by atoms with Crippen LogP contribution in [-0.4, -0.2) is 11.6 Å². The summed E-state index contributed by atoms with van der Waals surface area (Å²) >= 11 is 0. The van der Waals surface area contributed by atoms with Crippen molar-refractivity contribution in [3.63, 3.8) is 0 Å². The van der Waals surface area contributed by atoms with E-state index in [-0.39, 0.29) is 22.5 Å². The van der Waals surface area contributed by atoms with Gasteiger partial charge >= 0.3 is 0 Å². The highest BCUT2D eigenvalue weighted by molar-refractivity contribution is 6.01. The van der Waals surface area contributed by atoms with Crippen LogP contribution in [0.5, 0.6) is 0 Å². The zero-order valence-corrected chi connectivity index (χ0v) is 14.4. The molecule has 4 aliphatic carbocycles. The highest BCUT2D eigenvalue weighted by Crippen LogP contribution is 2.62. The van der Waals surface area contributed by atoms with E-state index in [4.69, 9.17) is 0 Å². The molecule has 0 amide bonds. The normalized spacial score (nSPS) is 42.0. The SMILES string of the molecule is CC(=O)C1=CC=C2C3=CCC4CCCC[C@]4(C)[C@H]3C(=O)C[C@]12C. The molecule has 1 unspecified atom stereocenters. The quantitative estimate of drug-likeness (QED) is 0.711. The van der Waals surface area contributed by atoms with Gasteiger partial charge in [0.05, 0.1) is 0 Å². The van der Waals surface area contributed by atoms with Crippen LogP contribution in [0.2, 0.25) is 0 Å². The third-order valence-corrected chi connectivity index (χ3v) is 7.19. The monoisotopic (exact) mass is 310 g/mol. The molecule has 2 fully saturated rings. The Balaban J connectivity index is 1.80. The van der Waals surface area contributed by atoms with Crippen molar-refractivity contribution in [2.75, 3.05) is 0 Å². The number of Topliss-reactive ketones (excluding diaryl/α,β-unsaturated/α-hetero) is 2. The Bertz CT molecular complexity index is 693. The second-order valence-corrected chi connectivity index (χ2v) is 8.47. The van der Waals surface area contributed by atoms with Crippen molar-refractivity contribution in [3.8, 4) is 0 Å². The van der Waals surface area contributed by atoms with E-state index in [0.717, 1.165) is 12.0 Å². The summed E-state index contributed by atoms with van der Waals surface area (Å²) in [7, 11) is 0. The van der Waals surface area contributed by atoms with E-state index in [1.807, 2.05) is 6.08 Å². The van der Waals surface area contributed by atoms with Crippen LogP contribution in [0.1, 0.15) is 59.3 Å². The first-order valence-electron chi connectivity index (χ1n) is 9.05. The Hall–Kier alpha value is -1.44. The molecule has 23 heavy (non-hydrogen) atoms. The van der Waals surface area contributed by atoms with Gasteiger partial charge in [0.25, 0.3) is 0 Å². The van der Waals surface area contributed by atoms with Gasteiger partial charge in [0.15, 0.2) is 5.78 Å². The summed E-state index contributed by atoms with van der Waals surface area (Å²) in [5.74, 6) is 1.17. The third kappa shape index (κ3) is 1.87. The third-order valence-electron chi connectivity index (χ3n) is 7.19. The number of fused-ring (bicyclic) bond motifs is 5. The van der Waals surface area contributed by atoms with Gasteiger partial charge in [-0.15, -0.1) is 0 Å². The number of hydrogen-bond donors (Lipinski definition) is 0. The maximum absolute atomic E-state index is 13.2. The number of allylic oxidation sites excluding steroid dienone is 6. The summed E-state index contributed by atoms with van der Waals surface area (Å²) in [6, 6.07) is 0. The molecule has 0 spiro atoms. The predicted molar refractivity (Wildman–Crippen MR) is 90.8 cm³/mol. The zero-order chi connectivity index (χ0) is 16.4. The average molecular weight is 310 g/mol. The molecule has 0 bridgehead atoms. The molecule has 122 valence electrons. The van der Waals surface area contributed by atoms with Gasteiger partial charge in [-0.25, -0.2) is 0 Å². The van der Waals surface area contributed by atoms with Crippen molar-refractivity contribution in [2.24, 2.45) is 22.7 Å². The molecule has 2 saturated carbocycles.